The minimum atomic E-state index is -0.188. The molecule has 1 N–H and O–H groups in total. The van der Waals surface area contributed by atoms with Crippen LogP contribution >= 0.6 is 11.6 Å². The zero-order valence-electron chi connectivity index (χ0n) is 10.5. The molecule has 5 nitrogen and oxygen atoms in total. The van der Waals surface area contributed by atoms with Gasteiger partial charge in [0.05, 0.1) is 12.3 Å². The molecule has 0 aliphatic rings. The number of aromatic nitrogens is 2. The number of nitrogens with zero attached hydrogens (tertiary/aromatic N) is 2. The molecule has 6 heteroatoms. The molecule has 2 aromatic rings. The van der Waals surface area contributed by atoms with Gasteiger partial charge in [0.25, 0.3) is 0 Å². The number of para-hydroxylation sites is 2. The van der Waals surface area contributed by atoms with E-state index in [0.29, 0.717) is 18.0 Å². The molecule has 0 aliphatic carbocycles. The molecule has 2 rings (SSSR count). The number of rotatable bonds is 5. The summed E-state index contributed by atoms with van der Waals surface area (Å²) in [5.74, 6) is 0.460. The third-order valence-electron chi connectivity index (χ3n) is 2.44. The highest BCUT2D eigenvalue weighted by Gasteiger charge is 2.09. The molecule has 19 heavy (non-hydrogen) atoms. The van der Waals surface area contributed by atoms with Crippen LogP contribution in [0, 0.1) is 0 Å². The van der Waals surface area contributed by atoms with E-state index in [2.05, 4.69) is 10.3 Å². The first kappa shape index (κ1) is 13.4. The quantitative estimate of drug-likeness (QED) is 0.915. The third kappa shape index (κ3) is 3.48. The first-order valence-electron chi connectivity index (χ1n) is 5.89. The lowest BCUT2D eigenvalue weighted by Crippen LogP contribution is -2.18. The van der Waals surface area contributed by atoms with Crippen LogP contribution in [0.25, 0.3) is 0 Å². The maximum atomic E-state index is 11.9. The summed E-state index contributed by atoms with van der Waals surface area (Å²) in [6.07, 6.45) is 3.19. The molecule has 0 spiro atoms. The molecule has 1 aromatic heterocycles. The largest absolute Gasteiger partial charge is 0.492 e. The van der Waals surface area contributed by atoms with E-state index in [0.717, 1.165) is 0 Å². The van der Waals surface area contributed by atoms with Gasteiger partial charge in [0.15, 0.2) is 0 Å². The van der Waals surface area contributed by atoms with Crippen LogP contribution in [-0.2, 0) is 11.3 Å². The summed E-state index contributed by atoms with van der Waals surface area (Å²) in [6, 6.07) is 7.29. The minimum Gasteiger partial charge on any atom is -0.492 e. The number of benzene rings is 1. The van der Waals surface area contributed by atoms with Crippen molar-refractivity contribution in [3.05, 3.63) is 41.9 Å². The zero-order chi connectivity index (χ0) is 13.7. The number of halogens is 1. The van der Waals surface area contributed by atoms with Gasteiger partial charge in [-0.2, -0.15) is 0 Å². The van der Waals surface area contributed by atoms with Crippen LogP contribution in [0.15, 0.2) is 36.7 Å². The molecule has 0 saturated heterocycles. The number of hydrogen-bond acceptors (Lipinski definition) is 3. The molecular weight excluding hydrogens is 266 g/mol. The van der Waals surface area contributed by atoms with Crippen molar-refractivity contribution in [1.29, 1.82) is 0 Å². The molecule has 1 heterocycles. The zero-order valence-corrected chi connectivity index (χ0v) is 11.2. The smallest absolute Gasteiger partial charge is 0.244 e. The van der Waals surface area contributed by atoms with Gasteiger partial charge >= 0.3 is 0 Å². The standard InChI is InChI=1S/C13H14ClN3O2/c1-2-19-11-6-4-3-5-10(11)16-12(18)9-17-8-7-15-13(17)14/h3-8H,2,9H2,1H3,(H,16,18). The van der Waals surface area contributed by atoms with E-state index in [1.165, 1.54) is 0 Å². The Bertz CT molecular complexity index is 569. The monoisotopic (exact) mass is 279 g/mol. The van der Waals surface area contributed by atoms with Crippen LogP contribution in [0.3, 0.4) is 0 Å². The van der Waals surface area contributed by atoms with Gasteiger partial charge in [-0.25, -0.2) is 4.98 Å². The maximum absolute atomic E-state index is 11.9. The van der Waals surface area contributed by atoms with Crippen molar-refractivity contribution in [3.8, 4) is 5.75 Å². The number of anilines is 1. The molecule has 1 amide bonds. The van der Waals surface area contributed by atoms with Crippen molar-refractivity contribution in [1.82, 2.24) is 9.55 Å². The van der Waals surface area contributed by atoms with Crippen molar-refractivity contribution in [2.24, 2.45) is 0 Å². The minimum absolute atomic E-state index is 0.110. The highest BCUT2D eigenvalue weighted by Crippen LogP contribution is 2.23. The SMILES string of the molecule is CCOc1ccccc1NC(=O)Cn1ccnc1Cl. The predicted octanol–water partition coefficient (Wildman–Crippen LogP) is 2.57. The molecule has 0 bridgehead atoms. The Kier molecular flexibility index (Phi) is 4.41. The molecule has 0 saturated carbocycles. The second-order valence-corrected chi connectivity index (χ2v) is 4.14. The first-order chi connectivity index (χ1) is 9.20. The van der Waals surface area contributed by atoms with Crippen molar-refractivity contribution in [2.75, 3.05) is 11.9 Å². The Morgan fingerprint density at radius 3 is 2.95 bits per heavy atom. The normalized spacial score (nSPS) is 10.2. The Morgan fingerprint density at radius 2 is 2.26 bits per heavy atom. The summed E-state index contributed by atoms with van der Waals surface area (Å²) in [7, 11) is 0. The highest BCUT2D eigenvalue weighted by molar-refractivity contribution is 6.28. The Labute approximate surface area is 116 Å². The van der Waals surface area contributed by atoms with E-state index in [9.17, 15) is 4.79 Å². The molecule has 0 aliphatic heterocycles. The number of imidazole rings is 1. The van der Waals surface area contributed by atoms with Gasteiger partial charge in [0, 0.05) is 12.4 Å². The van der Waals surface area contributed by atoms with Gasteiger partial charge in [0.2, 0.25) is 11.2 Å². The van der Waals surface area contributed by atoms with E-state index in [1.807, 2.05) is 25.1 Å². The molecule has 100 valence electrons. The van der Waals surface area contributed by atoms with E-state index < -0.39 is 0 Å². The fourth-order valence-corrected chi connectivity index (χ4v) is 1.80. The molecule has 0 radical (unpaired) electrons. The fraction of sp³-hybridized carbons (Fsp3) is 0.231. The van der Waals surface area contributed by atoms with Gasteiger partial charge in [-0.05, 0) is 30.7 Å². The van der Waals surface area contributed by atoms with Gasteiger partial charge in [-0.15, -0.1) is 0 Å². The topological polar surface area (TPSA) is 56.1 Å². The van der Waals surface area contributed by atoms with E-state index in [4.69, 9.17) is 16.3 Å². The van der Waals surface area contributed by atoms with Crippen molar-refractivity contribution < 1.29 is 9.53 Å². The number of nitrogens with one attached hydrogen (secondary N) is 1. The highest BCUT2D eigenvalue weighted by atomic mass is 35.5. The second kappa shape index (κ2) is 6.24. The maximum Gasteiger partial charge on any atom is 0.244 e. The third-order valence-corrected chi connectivity index (χ3v) is 2.75. The summed E-state index contributed by atoms with van der Waals surface area (Å²) >= 11 is 5.82. The van der Waals surface area contributed by atoms with E-state index in [-0.39, 0.29) is 17.7 Å². The van der Waals surface area contributed by atoms with Gasteiger partial charge in [0.1, 0.15) is 12.3 Å². The van der Waals surface area contributed by atoms with Crippen molar-refractivity contribution >= 4 is 23.2 Å². The summed E-state index contributed by atoms with van der Waals surface area (Å²) in [4.78, 5) is 15.8. The number of carbonyl (C=O) groups excluding carboxylic acids is 1. The lowest BCUT2D eigenvalue weighted by atomic mass is 10.3. The van der Waals surface area contributed by atoms with Crippen LogP contribution in [0.1, 0.15) is 6.92 Å². The lowest BCUT2D eigenvalue weighted by molar-refractivity contribution is -0.116. The summed E-state index contributed by atoms with van der Waals surface area (Å²) in [6.45, 7) is 2.55. The summed E-state index contributed by atoms with van der Waals surface area (Å²) in [5.41, 5.74) is 0.644. The van der Waals surface area contributed by atoms with Crippen molar-refractivity contribution in [3.63, 3.8) is 0 Å². The average molecular weight is 280 g/mol. The fourth-order valence-electron chi connectivity index (χ4n) is 1.62. The number of carbonyl (C=O) groups is 1. The molecule has 0 unspecified atom stereocenters. The lowest BCUT2D eigenvalue weighted by Gasteiger charge is -2.11. The second-order valence-electron chi connectivity index (χ2n) is 3.80. The first-order valence-corrected chi connectivity index (χ1v) is 6.27. The molecule has 0 atom stereocenters. The van der Waals surface area contributed by atoms with E-state index in [1.54, 1.807) is 23.0 Å². The Balaban J connectivity index is 2.05. The van der Waals surface area contributed by atoms with Crippen LogP contribution in [0.4, 0.5) is 5.69 Å². The Morgan fingerprint density at radius 1 is 1.47 bits per heavy atom. The van der Waals surface area contributed by atoms with Gasteiger partial charge in [-0.3, -0.25) is 4.79 Å². The van der Waals surface area contributed by atoms with Crippen LogP contribution < -0.4 is 10.1 Å². The number of amides is 1. The number of hydrogen-bond donors (Lipinski definition) is 1. The van der Waals surface area contributed by atoms with Crippen LogP contribution in [0.5, 0.6) is 5.75 Å². The Hall–Kier alpha value is -2.01. The molecule has 1 aromatic carbocycles. The van der Waals surface area contributed by atoms with Gasteiger partial charge < -0.3 is 14.6 Å². The number of ether oxygens (including phenoxy) is 1. The van der Waals surface area contributed by atoms with Gasteiger partial charge in [-0.1, -0.05) is 12.1 Å². The molecular formula is C13H14ClN3O2. The van der Waals surface area contributed by atoms with Crippen LogP contribution in [-0.4, -0.2) is 22.1 Å². The summed E-state index contributed by atoms with van der Waals surface area (Å²) in [5, 5.41) is 3.08. The molecule has 0 fully saturated rings. The van der Waals surface area contributed by atoms with E-state index >= 15 is 0 Å². The average Bonchev–Trinajstić information content (AvgIpc) is 2.78. The van der Waals surface area contributed by atoms with Crippen LogP contribution in [0.2, 0.25) is 5.28 Å². The van der Waals surface area contributed by atoms with Crippen molar-refractivity contribution in [2.45, 2.75) is 13.5 Å². The summed E-state index contributed by atoms with van der Waals surface area (Å²) < 4.78 is 6.99. The predicted molar refractivity (Wildman–Crippen MR) is 73.5 cm³/mol.